The third kappa shape index (κ3) is 1.98. The molecule has 4 nitrogen and oxygen atoms in total. The van der Waals surface area contributed by atoms with Gasteiger partial charge in [-0.15, -0.1) is 0 Å². The normalized spacial score (nSPS) is 22.2. The lowest BCUT2D eigenvalue weighted by Crippen LogP contribution is -2.18. The number of aromatic nitrogens is 2. The summed E-state index contributed by atoms with van der Waals surface area (Å²) in [5.74, 6) is 0. The standard InChI is InChI=1S/C9H11IN2O2/c10-7-5-12(11-8(7)6-13)9-3-1-2-4-14-9/h5-6,9H,1-4H2/t9-/m1/s1. The van der Waals surface area contributed by atoms with Crippen LogP contribution in [-0.2, 0) is 4.74 Å². The summed E-state index contributed by atoms with van der Waals surface area (Å²) in [6, 6.07) is 0. The van der Waals surface area contributed by atoms with Crippen molar-refractivity contribution >= 4 is 28.9 Å². The van der Waals surface area contributed by atoms with Crippen LogP contribution in [0.25, 0.3) is 0 Å². The molecule has 5 heteroatoms. The molecule has 14 heavy (non-hydrogen) atoms. The van der Waals surface area contributed by atoms with E-state index >= 15 is 0 Å². The van der Waals surface area contributed by atoms with E-state index in [4.69, 9.17) is 4.74 Å². The number of ether oxygens (including phenoxy) is 1. The van der Waals surface area contributed by atoms with Gasteiger partial charge in [0.2, 0.25) is 0 Å². The number of carbonyl (C=O) groups is 1. The Morgan fingerprint density at radius 1 is 1.64 bits per heavy atom. The molecule has 0 amide bonds. The predicted molar refractivity (Wildman–Crippen MR) is 59.2 cm³/mol. The molecule has 1 aliphatic rings. The van der Waals surface area contributed by atoms with Gasteiger partial charge in [-0.3, -0.25) is 4.79 Å². The molecule has 0 unspecified atom stereocenters. The van der Waals surface area contributed by atoms with Crippen LogP contribution in [0.3, 0.4) is 0 Å². The largest absolute Gasteiger partial charge is 0.357 e. The maximum atomic E-state index is 10.6. The van der Waals surface area contributed by atoms with E-state index in [9.17, 15) is 4.79 Å². The predicted octanol–water partition coefficient (Wildman–Crippen LogP) is 2.00. The highest BCUT2D eigenvalue weighted by Crippen LogP contribution is 2.23. The quantitative estimate of drug-likeness (QED) is 0.620. The molecule has 0 spiro atoms. The van der Waals surface area contributed by atoms with E-state index in [0.717, 1.165) is 35.7 Å². The maximum Gasteiger partial charge on any atom is 0.171 e. The summed E-state index contributed by atoms with van der Waals surface area (Å²) >= 11 is 2.11. The molecule has 0 aliphatic carbocycles. The Morgan fingerprint density at radius 2 is 2.50 bits per heavy atom. The third-order valence-electron chi connectivity index (χ3n) is 2.28. The monoisotopic (exact) mass is 306 g/mol. The summed E-state index contributed by atoms with van der Waals surface area (Å²) in [4.78, 5) is 10.6. The molecule has 1 fully saturated rings. The van der Waals surface area contributed by atoms with Gasteiger partial charge in [-0.25, -0.2) is 4.68 Å². The van der Waals surface area contributed by atoms with Crippen LogP contribution in [0.15, 0.2) is 6.20 Å². The lowest BCUT2D eigenvalue weighted by atomic mass is 10.2. The van der Waals surface area contributed by atoms with Gasteiger partial charge >= 0.3 is 0 Å². The first kappa shape index (κ1) is 10.1. The molecule has 1 aliphatic heterocycles. The van der Waals surface area contributed by atoms with E-state index < -0.39 is 0 Å². The van der Waals surface area contributed by atoms with Crippen LogP contribution in [-0.4, -0.2) is 22.7 Å². The zero-order valence-corrected chi connectivity index (χ0v) is 9.81. The molecule has 76 valence electrons. The minimum Gasteiger partial charge on any atom is -0.357 e. The number of aldehydes is 1. The smallest absolute Gasteiger partial charge is 0.171 e. The lowest BCUT2D eigenvalue weighted by molar-refractivity contribution is -0.0396. The molecule has 0 radical (unpaired) electrons. The summed E-state index contributed by atoms with van der Waals surface area (Å²) < 4.78 is 8.19. The van der Waals surface area contributed by atoms with Crippen molar-refractivity contribution in [2.75, 3.05) is 6.61 Å². The first-order valence-corrected chi connectivity index (χ1v) is 5.70. The van der Waals surface area contributed by atoms with Crippen LogP contribution in [0.4, 0.5) is 0 Å². The number of nitrogens with zero attached hydrogens (tertiary/aromatic N) is 2. The number of carbonyl (C=O) groups excluding carboxylic acids is 1. The van der Waals surface area contributed by atoms with Crippen LogP contribution >= 0.6 is 22.6 Å². The van der Waals surface area contributed by atoms with E-state index in [1.54, 1.807) is 4.68 Å². The van der Waals surface area contributed by atoms with Gasteiger partial charge in [0.25, 0.3) is 0 Å². The van der Waals surface area contributed by atoms with Gasteiger partial charge in [0.05, 0.1) is 3.57 Å². The number of hydrogen-bond acceptors (Lipinski definition) is 3. The second-order valence-electron chi connectivity index (χ2n) is 3.28. The summed E-state index contributed by atoms with van der Waals surface area (Å²) in [5, 5.41) is 4.17. The molecule has 1 saturated heterocycles. The first-order valence-electron chi connectivity index (χ1n) is 4.62. The summed E-state index contributed by atoms with van der Waals surface area (Å²) in [6.07, 6.45) is 5.93. The Labute approximate surface area is 95.8 Å². The van der Waals surface area contributed by atoms with E-state index in [-0.39, 0.29) is 6.23 Å². The van der Waals surface area contributed by atoms with Gasteiger partial charge in [-0.2, -0.15) is 5.10 Å². The van der Waals surface area contributed by atoms with Gasteiger partial charge in [-0.1, -0.05) is 0 Å². The van der Waals surface area contributed by atoms with Gasteiger partial charge in [0, 0.05) is 12.8 Å². The average Bonchev–Trinajstić information content (AvgIpc) is 2.61. The van der Waals surface area contributed by atoms with Crippen molar-refractivity contribution in [1.29, 1.82) is 0 Å². The number of rotatable bonds is 2. The highest BCUT2D eigenvalue weighted by atomic mass is 127. The van der Waals surface area contributed by atoms with Crippen molar-refractivity contribution in [3.63, 3.8) is 0 Å². The topological polar surface area (TPSA) is 44.1 Å². The minimum absolute atomic E-state index is 0.0194. The summed E-state index contributed by atoms with van der Waals surface area (Å²) in [7, 11) is 0. The van der Waals surface area contributed by atoms with Crippen molar-refractivity contribution in [1.82, 2.24) is 9.78 Å². The van der Waals surface area contributed by atoms with Gasteiger partial charge < -0.3 is 4.74 Å². The molecule has 0 aromatic carbocycles. The fraction of sp³-hybridized carbons (Fsp3) is 0.556. The summed E-state index contributed by atoms with van der Waals surface area (Å²) in [5.41, 5.74) is 0.500. The highest BCUT2D eigenvalue weighted by molar-refractivity contribution is 14.1. The fourth-order valence-corrected chi connectivity index (χ4v) is 2.06. The second kappa shape index (κ2) is 4.39. The molecule has 2 rings (SSSR count). The molecular formula is C9H11IN2O2. The Morgan fingerprint density at radius 3 is 3.07 bits per heavy atom. The Bertz CT molecular complexity index is 332. The number of halogens is 1. The van der Waals surface area contributed by atoms with Gasteiger partial charge in [0.1, 0.15) is 11.9 Å². The molecular weight excluding hydrogens is 295 g/mol. The Kier molecular flexibility index (Phi) is 3.17. The number of hydrogen-bond donors (Lipinski definition) is 0. The zero-order chi connectivity index (χ0) is 9.97. The second-order valence-corrected chi connectivity index (χ2v) is 4.44. The van der Waals surface area contributed by atoms with Crippen molar-refractivity contribution in [3.8, 4) is 0 Å². The Hall–Kier alpha value is -0.430. The van der Waals surface area contributed by atoms with Crippen molar-refractivity contribution in [2.45, 2.75) is 25.5 Å². The van der Waals surface area contributed by atoms with Gasteiger partial charge in [-0.05, 0) is 41.9 Å². The molecule has 0 saturated carbocycles. The maximum absolute atomic E-state index is 10.6. The van der Waals surface area contributed by atoms with E-state index in [1.807, 2.05) is 6.20 Å². The SMILES string of the molecule is O=Cc1nn([C@H]2CCCCO2)cc1I. The Balaban J connectivity index is 2.18. The average molecular weight is 306 g/mol. The minimum atomic E-state index is 0.0194. The van der Waals surface area contributed by atoms with E-state index in [1.165, 1.54) is 0 Å². The first-order chi connectivity index (χ1) is 6.81. The van der Waals surface area contributed by atoms with Gasteiger partial charge in [0.15, 0.2) is 6.29 Å². The lowest BCUT2D eigenvalue weighted by Gasteiger charge is -2.22. The van der Waals surface area contributed by atoms with Crippen LogP contribution in [0.2, 0.25) is 0 Å². The van der Waals surface area contributed by atoms with Crippen molar-refractivity contribution < 1.29 is 9.53 Å². The van der Waals surface area contributed by atoms with Crippen LogP contribution in [0.1, 0.15) is 36.0 Å². The molecule has 0 bridgehead atoms. The van der Waals surface area contributed by atoms with Crippen molar-refractivity contribution in [3.05, 3.63) is 15.5 Å². The zero-order valence-electron chi connectivity index (χ0n) is 7.65. The van der Waals surface area contributed by atoms with Crippen LogP contribution in [0.5, 0.6) is 0 Å². The molecule has 1 atom stereocenters. The van der Waals surface area contributed by atoms with E-state index in [2.05, 4.69) is 27.7 Å². The third-order valence-corrected chi connectivity index (χ3v) is 3.11. The molecule has 1 aromatic rings. The molecule has 0 N–H and O–H groups in total. The fourth-order valence-electron chi connectivity index (χ4n) is 1.54. The van der Waals surface area contributed by atoms with E-state index in [0.29, 0.717) is 5.69 Å². The van der Waals surface area contributed by atoms with Crippen LogP contribution in [0, 0.1) is 3.57 Å². The summed E-state index contributed by atoms with van der Waals surface area (Å²) in [6.45, 7) is 0.789. The van der Waals surface area contributed by atoms with Crippen molar-refractivity contribution in [2.24, 2.45) is 0 Å². The van der Waals surface area contributed by atoms with Crippen LogP contribution < -0.4 is 0 Å². The molecule has 2 heterocycles. The highest BCUT2D eigenvalue weighted by Gasteiger charge is 2.17. The molecule has 1 aromatic heterocycles.